The van der Waals surface area contributed by atoms with E-state index in [4.69, 9.17) is 10.5 Å². The number of halogens is 3. The van der Waals surface area contributed by atoms with Crippen LogP contribution in [0.2, 0.25) is 0 Å². The summed E-state index contributed by atoms with van der Waals surface area (Å²) in [7, 11) is 0. The monoisotopic (exact) mass is 717 g/mol. The van der Waals surface area contributed by atoms with Crippen molar-refractivity contribution in [2.75, 3.05) is 36.1 Å². The first-order valence-electron chi connectivity index (χ1n) is 15.7. The van der Waals surface area contributed by atoms with Crippen molar-refractivity contribution < 1.29 is 22.7 Å². The lowest BCUT2D eigenvalue weighted by atomic mass is 9.92. The first kappa shape index (κ1) is 33.4. The average molecular weight is 718 g/mol. The quantitative estimate of drug-likeness (QED) is 0.196. The molecule has 0 bridgehead atoms. The number of thiophene rings is 1. The number of alkyl halides is 3. The maximum Gasteiger partial charge on any atom is 0.417 e. The normalized spacial score (nSPS) is 19.1. The molecule has 2 aliphatic rings. The number of fused-ring (bicyclic) bond motifs is 1. The lowest BCUT2D eigenvalue weighted by Crippen LogP contribution is -2.58. The number of nitrogens with two attached hydrogens (primary N) is 1. The van der Waals surface area contributed by atoms with E-state index in [1.54, 1.807) is 52.5 Å². The number of carbonyl (C=O) groups is 1. The van der Waals surface area contributed by atoms with Gasteiger partial charge in [-0.3, -0.25) is 14.3 Å². The number of amides is 1. The molecule has 2 aromatic carbocycles. The zero-order valence-electron chi connectivity index (χ0n) is 26.9. The molecule has 10 nitrogen and oxygen atoms in total. The molecule has 15 heteroatoms. The maximum atomic E-state index is 15.3. The van der Waals surface area contributed by atoms with E-state index in [1.165, 1.54) is 22.4 Å². The number of benzene rings is 2. The molecule has 3 aromatic heterocycles. The van der Waals surface area contributed by atoms with Crippen molar-refractivity contribution in [3.8, 4) is 22.9 Å². The van der Waals surface area contributed by atoms with E-state index in [2.05, 4.69) is 22.6 Å². The molecule has 2 aliphatic heterocycles. The predicted molar refractivity (Wildman–Crippen MR) is 189 cm³/mol. The van der Waals surface area contributed by atoms with Crippen LogP contribution < -0.4 is 21.1 Å². The average Bonchev–Trinajstić information content (AvgIpc) is 3.43. The van der Waals surface area contributed by atoms with E-state index in [1.807, 2.05) is 13.8 Å². The molecule has 0 aliphatic carbocycles. The first-order chi connectivity index (χ1) is 23.9. The summed E-state index contributed by atoms with van der Waals surface area (Å²) in [4.78, 5) is 39.0. The van der Waals surface area contributed by atoms with Gasteiger partial charge in [0.2, 0.25) is 5.91 Å². The lowest BCUT2D eigenvalue weighted by molar-refractivity contribution is -0.137. The third kappa shape index (κ3) is 5.52. The van der Waals surface area contributed by atoms with Gasteiger partial charge in [0.25, 0.3) is 0 Å². The number of hydrogen-bond acceptors (Lipinski definition) is 10. The van der Waals surface area contributed by atoms with Gasteiger partial charge < -0.3 is 20.3 Å². The number of thioether (sulfide) groups is 1. The molecule has 1 amide bonds. The van der Waals surface area contributed by atoms with Crippen LogP contribution in [0.25, 0.3) is 32.1 Å². The predicted octanol–water partition coefficient (Wildman–Crippen LogP) is 6.48. The van der Waals surface area contributed by atoms with Gasteiger partial charge in [-0.1, -0.05) is 18.7 Å². The van der Waals surface area contributed by atoms with Crippen molar-refractivity contribution in [1.82, 2.24) is 19.4 Å². The summed E-state index contributed by atoms with van der Waals surface area (Å²) in [5.41, 5.74) is 5.09. The number of hydrogen-bond donors (Lipinski definition) is 1. The summed E-state index contributed by atoms with van der Waals surface area (Å²) in [5.74, 6) is 0.590. The van der Waals surface area contributed by atoms with Gasteiger partial charge in [0.05, 0.1) is 22.7 Å². The third-order valence-electron chi connectivity index (χ3n) is 9.10. The molecular formula is C35H30F3N7O3S2. The Morgan fingerprint density at radius 1 is 1.20 bits per heavy atom. The van der Waals surface area contributed by atoms with Gasteiger partial charge >= 0.3 is 11.9 Å². The van der Waals surface area contributed by atoms with Crippen LogP contribution >= 0.6 is 23.1 Å². The van der Waals surface area contributed by atoms with Gasteiger partial charge in [-0.2, -0.15) is 23.4 Å². The number of nitriles is 1. The molecule has 3 atom stereocenters. The number of nitrogens with zero attached hydrogens (tertiary/aromatic N) is 6. The molecule has 50 heavy (non-hydrogen) atoms. The molecule has 2 N–H and O–H groups in total. The van der Waals surface area contributed by atoms with Gasteiger partial charge in [-0.05, 0) is 49.8 Å². The molecule has 0 spiro atoms. The largest absolute Gasteiger partial charge is 0.491 e. The van der Waals surface area contributed by atoms with Crippen molar-refractivity contribution >= 4 is 60.8 Å². The van der Waals surface area contributed by atoms with Crippen LogP contribution in [0.5, 0.6) is 5.75 Å². The van der Waals surface area contributed by atoms with Crippen molar-refractivity contribution in [2.24, 2.45) is 0 Å². The SMILES string of the molecule is C=CC(=O)N1[C@H](C)CN(c2nc(=O)n3c4c(c(-c5cccc6sc(N)c(C#N)c56)c(C(F)(F)F)cc24)SCC3COc2ccncc2)C[C@@H]1C. The minimum absolute atomic E-state index is 0.0501. The molecule has 256 valence electrons. The molecular weight excluding hydrogens is 688 g/mol. The van der Waals surface area contributed by atoms with Crippen molar-refractivity contribution in [1.29, 1.82) is 5.26 Å². The fourth-order valence-electron chi connectivity index (χ4n) is 7.09. The summed E-state index contributed by atoms with van der Waals surface area (Å²) in [6, 6.07) is 10.1. The van der Waals surface area contributed by atoms with E-state index in [0.29, 0.717) is 21.4 Å². The first-order valence-corrected chi connectivity index (χ1v) is 17.5. The summed E-state index contributed by atoms with van der Waals surface area (Å²) < 4.78 is 54.1. The molecule has 1 unspecified atom stereocenters. The van der Waals surface area contributed by atoms with Crippen LogP contribution in [0, 0.1) is 11.3 Å². The van der Waals surface area contributed by atoms with Crippen molar-refractivity contribution in [3.05, 3.63) is 83.1 Å². The zero-order valence-corrected chi connectivity index (χ0v) is 28.5. The van der Waals surface area contributed by atoms with Gasteiger partial charge in [-0.15, -0.1) is 23.1 Å². The molecule has 5 aromatic rings. The van der Waals surface area contributed by atoms with Crippen molar-refractivity contribution in [2.45, 2.75) is 43.0 Å². The Morgan fingerprint density at radius 3 is 2.58 bits per heavy atom. The third-order valence-corrected chi connectivity index (χ3v) is 11.3. The molecule has 5 heterocycles. The van der Waals surface area contributed by atoms with Gasteiger partial charge in [0, 0.05) is 69.3 Å². The Morgan fingerprint density at radius 2 is 1.92 bits per heavy atom. The van der Waals surface area contributed by atoms with E-state index in [9.17, 15) is 14.9 Å². The Hall–Kier alpha value is -5.07. The van der Waals surface area contributed by atoms with Crippen LogP contribution in [-0.2, 0) is 11.0 Å². The number of nitrogen functional groups attached to an aromatic ring is 1. The highest BCUT2D eigenvalue weighted by Gasteiger charge is 2.41. The summed E-state index contributed by atoms with van der Waals surface area (Å²) >= 11 is 2.34. The van der Waals surface area contributed by atoms with Crippen LogP contribution in [0.1, 0.15) is 31.0 Å². The Bertz CT molecular complexity index is 2270. The maximum absolute atomic E-state index is 15.3. The number of carbonyl (C=O) groups excluding carboxylic acids is 1. The Kier molecular flexibility index (Phi) is 8.47. The Labute approximate surface area is 292 Å². The second kappa shape index (κ2) is 12.7. The number of piperazine rings is 1. The molecule has 0 saturated carbocycles. The minimum atomic E-state index is -4.83. The molecule has 0 radical (unpaired) electrons. The summed E-state index contributed by atoms with van der Waals surface area (Å²) in [5, 5.41) is 10.7. The van der Waals surface area contributed by atoms with E-state index in [-0.39, 0.29) is 81.2 Å². The number of pyridine rings is 1. The minimum Gasteiger partial charge on any atom is -0.491 e. The van der Waals surface area contributed by atoms with Gasteiger partial charge in [0.15, 0.2) is 0 Å². The van der Waals surface area contributed by atoms with Crippen molar-refractivity contribution in [3.63, 3.8) is 0 Å². The lowest BCUT2D eigenvalue weighted by Gasteiger charge is -2.45. The van der Waals surface area contributed by atoms with Crippen LogP contribution in [0.3, 0.4) is 0 Å². The zero-order chi connectivity index (χ0) is 35.5. The summed E-state index contributed by atoms with van der Waals surface area (Å²) in [6.45, 7) is 7.79. The number of ether oxygens (including phenoxy) is 1. The standard InChI is InChI=1S/C35H30F3N7O3S2/c1-4-27(46)44-18(2)14-43(15-19(44)3)33-23-12-25(35(36,37)38)29(22-6-5-7-26-28(22)24(13-39)32(40)50-26)31-30(23)45(34(47)42-33)20(17-49-31)16-48-21-8-10-41-11-9-21/h4-12,18-20H,1,14-17,40H2,2-3H3/t18-,19+,20?. The second-order valence-corrected chi connectivity index (χ2v) is 14.4. The van der Waals surface area contributed by atoms with Gasteiger partial charge in [-0.25, -0.2) is 4.79 Å². The smallest absolute Gasteiger partial charge is 0.417 e. The molecule has 1 saturated heterocycles. The fraction of sp³-hybridized carbons (Fsp3) is 0.286. The second-order valence-electron chi connectivity index (χ2n) is 12.3. The highest BCUT2D eigenvalue weighted by Crippen LogP contribution is 2.52. The Balaban J connectivity index is 1.51. The topological polar surface area (TPSA) is 130 Å². The van der Waals surface area contributed by atoms with Gasteiger partial charge in [0.1, 0.15) is 29.2 Å². The van der Waals surface area contributed by atoms with E-state index >= 15 is 13.2 Å². The molecule has 1 fully saturated rings. The number of aromatic nitrogens is 3. The van der Waals surface area contributed by atoms with Crippen LogP contribution in [0.4, 0.5) is 24.0 Å². The van der Waals surface area contributed by atoms with E-state index < -0.39 is 23.5 Å². The highest BCUT2D eigenvalue weighted by atomic mass is 32.2. The number of rotatable bonds is 6. The number of anilines is 2. The fourth-order valence-corrected chi connectivity index (χ4v) is 9.36. The van der Waals surface area contributed by atoms with Crippen LogP contribution in [0.15, 0.2) is 71.1 Å². The van der Waals surface area contributed by atoms with Crippen LogP contribution in [-0.4, -0.2) is 62.9 Å². The highest BCUT2D eigenvalue weighted by molar-refractivity contribution is 7.99. The summed E-state index contributed by atoms with van der Waals surface area (Å²) in [6.07, 6.45) is -0.447. The molecule has 7 rings (SSSR count). The van der Waals surface area contributed by atoms with E-state index in [0.717, 1.165) is 17.4 Å².